The summed E-state index contributed by atoms with van der Waals surface area (Å²) < 4.78 is 16.1. The highest BCUT2D eigenvalue weighted by Gasteiger charge is 2.43. The van der Waals surface area contributed by atoms with Crippen molar-refractivity contribution in [3.05, 3.63) is 53.6 Å². The van der Waals surface area contributed by atoms with Crippen LogP contribution in [-0.2, 0) is 26.3 Å². The molecule has 0 aliphatic carbocycles. The summed E-state index contributed by atoms with van der Waals surface area (Å²) in [5, 5.41) is 0. The Labute approximate surface area is 227 Å². The number of aliphatic imine (C=N–C) groups is 1. The van der Waals surface area contributed by atoms with Crippen LogP contribution in [0.1, 0.15) is 71.4 Å². The Morgan fingerprint density at radius 2 is 1.79 bits per heavy atom. The van der Waals surface area contributed by atoms with Crippen molar-refractivity contribution in [2.75, 3.05) is 20.8 Å². The summed E-state index contributed by atoms with van der Waals surface area (Å²) in [5.74, 6) is -0.407. The van der Waals surface area contributed by atoms with Gasteiger partial charge in [-0.1, -0.05) is 71.2 Å². The third kappa shape index (κ3) is 7.15. The number of hydrogen-bond acceptors (Lipinski definition) is 6. The van der Waals surface area contributed by atoms with Gasteiger partial charge in [-0.2, -0.15) is 0 Å². The van der Waals surface area contributed by atoms with Gasteiger partial charge in [0.1, 0.15) is 23.0 Å². The average molecular weight is 523 g/mol. The van der Waals surface area contributed by atoms with E-state index in [1.807, 2.05) is 0 Å². The van der Waals surface area contributed by atoms with Crippen LogP contribution in [0.4, 0.5) is 5.69 Å². The van der Waals surface area contributed by atoms with E-state index in [1.165, 1.54) is 5.56 Å². The van der Waals surface area contributed by atoms with Crippen molar-refractivity contribution in [3.8, 4) is 11.5 Å². The number of methoxy groups -OCH3 is 2. The molecule has 0 bridgehead atoms. The van der Waals surface area contributed by atoms with Gasteiger partial charge in [0.25, 0.3) is 0 Å². The van der Waals surface area contributed by atoms with E-state index in [0.717, 1.165) is 31.2 Å². The van der Waals surface area contributed by atoms with Gasteiger partial charge in [-0.25, -0.2) is 4.99 Å². The van der Waals surface area contributed by atoms with Crippen LogP contribution >= 0.6 is 0 Å². The molecule has 0 amide bonds. The average Bonchev–Trinajstić information content (AvgIpc) is 3.23. The molecule has 1 saturated heterocycles. The fourth-order valence-electron chi connectivity index (χ4n) is 4.60. The first kappa shape index (κ1) is 29.2. The second-order valence-corrected chi connectivity index (χ2v) is 10.9. The van der Waals surface area contributed by atoms with E-state index in [0.29, 0.717) is 29.6 Å². The minimum absolute atomic E-state index is 0.0352. The Bertz CT molecular complexity index is 1120. The largest absolute Gasteiger partial charge is 0.497 e. The molecule has 7 heteroatoms. The third-order valence-electron chi connectivity index (χ3n) is 7.02. The molecular weight excluding hydrogens is 480 g/mol. The van der Waals surface area contributed by atoms with Gasteiger partial charge < -0.3 is 19.1 Å². The molecule has 1 heterocycles. The van der Waals surface area contributed by atoms with Gasteiger partial charge >= 0.3 is 5.97 Å². The van der Waals surface area contributed by atoms with Crippen molar-refractivity contribution in [3.63, 3.8) is 0 Å². The predicted octanol–water partition coefficient (Wildman–Crippen LogP) is 6.24. The second kappa shape index (κ2) is 12.9. The van der Waals surface area contributed by atoms with Gasteiger partial charge in [-0.05, 0) is 42.0 Å². The number of cyclic esters (lactones) is 1. The van der Waals surface area contributed by atoms with Crippen molar-refractivity contribution in [1.82, 2.24) is 4.90 Å². The van der Waals surface area contributed by atoms with E-state index in [1.54, 1.807) is 32.4 Å². The van der Waals surface area contributed by atoms with Crippen LogP contribution in [0.5, 0.6) is 11.5 Å². The lowest BCUT2D eigenvalue weighted by Crippen LogP contribution is -2.45. The molecule has 0 spiro atoms. The fourth-order valence-corrected chi connectivity index (χ4v) is 4.60. The van der Waals surface area contributed by atoms with E-state index in [9.17, 15) is 9.59 Å². The van der Waals surface area contributed by atoms with E-state index in [2.05, 4.69) is 63.8 Å². The van der Waals surface area contributed by atoms with Crippen LogP contribution in [-0.4, -0.2) is 49.4 Å². The van der Waals surface area contributed by atoms with Gasteiger partial charge in [0.15, 0.2) is 18.3 Å². The summed E-state index contributed by atoms with van der Waals surface area (Å²) in [6.45, 7) is 11.1. The van der Waals surface area contributed by atoms with Crippen LogP contribution in [0.2, 0.25) is 0 Å². The van der Waals surface area contributed by atoms with Crippen LogP contribution in [0.15, 0.2) is 47.5 Å². The number of benzene rings is 2. The van der Waals surface area contributed by atoms with E-state index in [4.69, 9.17) is 19.2 Å². The summed E-state index contributed by atoms with van der Waals surface area (Å²) in [4.78, 5) is 32.9. The van der Waals surface area contributed by atoms with Crippen molar-refractivity contribution in [2.24, 2.45) is 10.9 Å². The minimum atomic E-state index is -1.08. The van der Waals surface area contributed by atoms with E-state index in [-0.39, 0.29) is 23.8 Å². The van der Waals surface area contributed by atoms with Crippen LogP contribution < -0.4 is 9.47 Å². The summed E-state index contributed by atoms with van der Waals surface area (Å²) in [6, 6.07) is 13.9. The Kier molecular flexibility index (Phi) is 9.95. The van der Waals surface area contributed by atoms with Crippen molar-refractivity contribution >= 4 is 23.3 Å². The quantitative estimate of drug-likeness (QED) is 0.114. The molecule has 0 saturated carbocycles. The number of esters is 1. The van der Waals surface area contributed by atoms with Crippen molar-refractivity contribution in [1.29, 1.82) is 0 Å². The molecule has 206 valence electrons. The molecule has 2 unspecified atom stereocenters. The number of carbonyl (C=O) groups excluding carboxylic acids is 2. The monoisotopic (exact) mass is 522 g/mol. The number of nitrogens with zero attached hydrogens (tertiary/aromatic N) is 2. The van der Waals surface area contributed by atoms with Crippen molar-refractivity contribution in [2.45, 2.75) is 78.3 Å². The lowest BCUT2D eigenvalue weighted by Gasteiger charge is -2.34. The molecule has 2 aromatic carbocycles. The van der Waals surface area contributed by atoms with Gasteiger partial charge in [0.05, 0.1) is 14.2 Å². The molecular formula is C31H42N2O5. The molecule has 3 rings (SSSR count). The Hall–Kier alpha value is -3.35. The van der Waals surface area contributed by atoms with Gasteiger partial charge in [0, 0.05) is 18.7 Å². The number of rotatable bonds is 11. The number of ketones is 1. The van der Waals surface area contributed by atoms with Crippen LogP contribution in [0.25, 0.3) is 0 Å². The fraction of sp³-hybridized carbons (Fsp3) is 0.516. The zero-order valence-corrected chi connectivity index (χ0v) is 23.9. The summed E-state index contributed by atoms with van der Waals surface area (Å²) in [7, 11) is 3.14. The number of carbonyl (C=O) groups is 2. The molecule has 2 atom stereocenters. The number of amidine groups is 1. The molecule has 0 N–H and O–H groups in total. The lowest BCUT2D eigenvalue weighted by atomic mass is 9.86. The highest BCUT2D eigenvalue weighted by Crippen LogP contribution is 2.34. The highest BCUT2D eigenvalue weighted by molar-refractivity contribution is 6.22. The van der Waals surface area contributed by atoms with Crippen LogP contribution in [0, 0.1) is 5.92 Å². The molecule has 1 fully saturated rings. The van der Waals surface area contributed by atoms with Crippen LogP contribution in [0.3, 0.4) is 0 Å². The van der Waals surface area contributed by atoms with E-state index < -0.39 is 11.9 Å². The maximum atomic E-state index is 13.0. The van der Waals surface area contributed by atoms with Crippen molar-refractivity contribution < 1.29 is 23.8 Å². The minimum Gasteiger partial charge on any atom is -0.497 e. The maximum Gasteiger partial charge on any atom is 0.324 e. The lowest BCUT2D eigenvalue weighted by molar-refractivity contribution is -0.139. The van der Waals surface area contributed by atoms with Gasteiger partial charge in [-0.15, -0.1) is 0 Å². The molecule has 38 heavy (non-hydrogen) atoms. The SMILES string of the molecule is CCCCCC(C)N(Cc1ccc(C(C)(C)C)cc1)C(=Nc1ccc(OC)cc1OC)C1C(=O)COC1=O. The zero-order valence-electron chi connectivity index (χ0n) is 23.9. The predicted molar refractivity (Wildman–Crippen MR) is 150 cm³/mol. The normalized spacial score (nSPS) is 16.8. The first-order valence-corrected chi connectivity index (χ1v) is 13.4. The molecule has 7 nitrogen and oxygen atoms in total. The molecule has 2 aromatic rings. The highest BCUT2D eigenvalue weighted by atomic mass is 16.5. The Balaban J connectivity index is 2.11. The third-order valence-corrected chi connectivity index (χ3v) is 7.02. The molecule has 1 aliphatic heterocycles. The number of ether oxygens (including phenoxy) is 3. The Morgan fingerprint density at radius 3 is 2.34 bits per heavy atom. The first-order chi connectivity index (χ1) is 18.1. The topological polar surface area (TPSA) is 77.4 Å². The first-order valence-electron chi connectivity index (χ1n) is 13.4. The number of unbranched alkanes of at least 4 members (excludes halogenated alkanes) is 2. The summed E-state index contributed by atoms with van der Waals surface area (Å²) in [5.41, 5.74) is 2.89. The molecule has 0 radical (unpaired) electrons. The summed E-state index contributed by atoms with van der Waals surface area (Å²) >= 11 is 0. The molecule has 1 aliphatic rings. The van der Waals surface area contributed by atoms with E-state index >= 15 is 0 Å². The second-order valence-electron chi connectivity index (χ2n) is 10.9. The smallest absolute Gasteiger partial charge is 0.324 e. The standard InChI is InChI=1S/C31H42N2O5/c1-8-9-10-11-21(2)33(19-22-12-14-23(15-13-22)31(3,4)5)29(28-26(34)20-38-30(28)35)32-25-17-16-24(36-6)18-27(25)37-7/h12-18,21,28H,8-11,19-20H2,1-7H3. The Morgan fingerprint density at radius 1 is 1.08 bits per heavy atom. The number of hydrogen-bond donors (Lipinski definition) is 0. The summed E-state index contributed by atoms with van der Waals surface area (Å²) in [6.07, 6.45) is 4.17. The zero-order chi connectivity index (χ0) is 27.9. The molecule has 0 aromatic heterocycles. The van der Waals surface area contributed by atoms with Gasteiger partial charge in [0.2, 0.25) is 0 Å². The maximum absolute atomic E-state index is 13.0. The number of Topliss-reactive ketones (excluding diaryl/α,β-unsaturated/α-hetero) is 1. The van der Waals surface area contributed by atoms with Gasteiger partial charge in [-0.3, -0.25) is 9.59 Å².